The second-order valence-electron chi connectivity index (χ2n) is 2.10. The molecule has 0 heterocycles. The maximum atomic E-state index is 12.7. The fourth-order valence-electron chi connectivity index (χ4n) is 0.720. The van der Waals surface area contributed by atoms with E-state index in [2.05, 4.69) is 11.8 Å². The zero-order valence-corrected chi connectivity index (χ0v) is 6.90. The van der Waals surface area contributed by atoms with Crippen molar-refractivity contribution >= 4 is 11.6 Å². The molecule has 0 aromatic heterocycles. The Morgan fingerprint density at radius 3 is 2.83 bits per heavy atom. The molecular formula is C9H6ClFO. The molecular weight excluding hydrogens is 179 g/mol. The number of rotatable bonds is 0. The van der Waals surface area contributed by atoms with Crippen molar-refractivity contribution in [3.63, 3.8) is 0 Å². The van der Waals surface area contributed by atoms with Crippen LogP contribution in [0.3, 0.4) is 0 Å². The number of halogens is 2. The van der Waals surface area contributed by atoms with Gasteiger partial charge in [-0.1, -0.05) is 11.8 Å². The lowest BCUT2D eigenvalue weighted by molar-refractivity contribution is 0.432. The van der Waals surface area contributed by atoms with E-state index < -0.39 is 5.82 Å². The van der Waals surface area contributed by atoms with E-state index in [1.165, 1.54) is 12.1 Å². The number of hydrogen-bond donors (Lipinski definition) is 1. The predicted octanol–water partition coefficient (Wildman–Crippen LogP) is 2.12. The molecule has 0 atom stereocenters. The summed E-state index contributed by atoms with van der Waals surface area (Å²) >= 11 is 5.31. The zero-order valence-electron chi connectivity index (χ0n) is 6.14. The third kappa shape index (κ3) is 2.14. The number of alkyl halides is 1. The van der Waals surface area contributed by atoms with Crippen molar-refractivity contribution in [3.05, 3.63) is 29.6 Å². The van der Waals surface area contributed by atoms with Gasteiger partial charge < -0.3 is 5.11 Å². The van der Waals surface area contributed by atoms with Crippen molar-refractivity contribution in [1.82, 2.24) is 0 Å². The SMILES string of the molecule is Oc1ccc(C#CCCl)cc1F. The van der Waals surface area contributed by atoms with E-state index in [-0.39, 0.29) is 11.6 Å². The summed E-state index contributed by atoms with van der Waals surface area (Å²) in [6.07, 6.45) is 0. The first-order valence-corrected chi connectivity index (χ1v) is 3.81. The van der Waals surface area contributed by atoms with Crippen LogP contribution in [0.5, 0.6) is 5.75 Å². The highest BCUT2D eigenvalue weighted by Gasteiger charge is 1.98. The second kappa shape index (κ2) is 3.99. The summed E-state index contributed by atoms with van der Waals surface area (Å²) in [4.78, 5) is 0. The van der Waals surface area contributed by atoms with Gasteiger partial charge in [-0.2, -0.15) is 0 Å². The smallest absolute Gasteiger partial charge is 0.166 e. The van der Waals surface area contributed by atoms with Crippen molar-refractivity contribution < 1.29 is 9.50 Å². The lowest BCUT2D eigenvalue weighted by Crippen LogP contribution is -1.79. The molecule has 1 N–H and O–H groups in total. The monoisotopic (exact) mass is 184 g/mol. The normalized spacial score (nSPS) is 8.83. The van der Waals surface area contributed by atoms with Crippen LogP contribution in [0.15, 0.2) is 18.2 Å². The van der Waals surface area contributed by atoms with Crippen LogP contribution in [0.2, 0.25) is 0 Å². The quantitative estimate of drug-likeness (QED) is 0.484. The van der Waals surface area contributed by atoms with Gasteiger partial charge in [0.25, 0.3) is 0 Å². The Balaban J connectivity index is 2.97. The number of phenolic OH excluding ortho intramolecular Hbond substituents is 1. The molecule has 0 spiro atoms. The molecule has 0 radical (unpaired) electrons. The van der Waals surface area contributed by atoms with Crippen molar-refractivity contribution in [1.29, 1.82) is 0 Å². The Hall–Kier alpha value is -1.20. The highest BCUT2D eigenvalue weighted by molar-refractivity contribution is 6.19. The molecule has 0 aliphatic rings. The van der Waals surface area contributed by atoms with Crippen molar-refractivity contribution in [2.45, 2.75) is 0 Å². The summed E-state index contributed by atoms with van der Waals surface area (Å²) < 4.78 is 12.7. The number of aromatic hydroxyl groups is 1. The van der Waals surface area contributed by atoms with Crippen LogP contribution < -0.4 is 0 Å². The standard InChI is InChI=1S/C9H6ClFO/c10-5-1-2-7-3-4-9(12)8(11)6-7/h3-4,6,12H,5H2. The average Bonchev–Trinajstić information content (AvgIpc) is 2.07. The molecule has 1 rings (SSSR count). The van der Waals surface area contributed by atoms with Gasteiger partial charge in [-0.3, -0.25) is 0 Å². The molecule has 0 fully saturated rings. The summed E-state index contributed by atoms with van der Waals surface area (Å²) in [5, 5.41) is 8.82. The minimum Gasteiger partial charge on any atom is -0.505 e. The topological polar surface area (TPSA) is 20.2 Å². The Morgan fingerprint density at radius 1 is 1.50 bits per heavy atom. The van der Waals surface area contributed by atoms with Gasteiger partial charge in [0.05, 0.1) is 5.88 Å². The second-order valence-corrected chi connectivity index (χ2v) is 2.37. The van der Waals surface area contributed by atoms with E-state index in [9.17, 15) is 4.39 Å². The van der Waals surface area contributed by atoms with Crippen LogP contribution in [0.25, 0.3) is 0 Å². The molecule has 3 heteroatoms. The van der Waals surface area contributed by atoms with Crippen LogP contribution in [-0.2, 0) is 0 Å². The van der Waals surface area contributed by atoms with Gasteiger partial charge in [-0.05, 0) is 18.2 Å². The van der Waals surface area contributed by atoms with Crippen LogP contribution >= 0.6 is 11.6 Å². The molecule has 0 bridgehead atoms. The predicted molar refractivity (Wildman–Crippen MR) is 45.7 cm³/mol. The molecule has 12 heavy (non-hydrogen) atoms. The minimum atomic E-state index is -0.670. The first-order chi connectivity index (χ1) is 5.74. The summed E-state index contributed by atoms with van der Waals surface area (Å²) in [6, 6.07) is 3.94. The summed E-state index contributed by atoms with van der Waals surface area (Å²) in [7, 11) is 0. The van der Waals surface area contributed by atoms with E-state index in [4.69, 9.17) is 16.7 Å². The maximum absolute atomic E-state index is 12.7. The first-order valence-electron chi connectivity index (χ1n) is 3.27. The third-order valence-corrected chi connectivity index (χ3v) is 1.38. The molecule has 0 saturated heterocycles. The fraction of sp³-hybridized carbons (Fsp3) is 0.111. The average molecular weight is 185 g/mol. The Morgan fingerprint density at radius 2 is 2.25 bits per heavy atom. The minimum absolute atomic E-state index is 0.211. The Bertz CT molecular complexity index is 338. The highest BCUT2D eigenvalue weighted by Crippen LogP contribution is 2.15. The fourth-order valence-corrected chi connectivity index (χ4v) is 0.787. The first kappa shape index (κ1) is 8.89. The van der Waals surface area contributed by atoms with Crippen LogP contribution in [0.1, 0.15) is 5.56 Å². The van der Waals surface area contributed by atoms with Crippen molar-refractivity contribution in [2.75, 3.05) is 5.88 Å². The van der Waals surface area contributed by atoms with Gasteiger partial charge in [0.2, 0.25) is 0 Å². The van der Waals surface area contributed by atoms with Crippen LogP contribution in [0.4, 0.5) is 4.39 Å². The van der Waals surface area contributed by atoms with Crippen molar-refractivity contribution in [3.8, 4) is 17.6 Å². The Kier molecular flexibility index (Phi) is 2.95. The van der Waals surface area contributed by atoms with Crippen LogP contribution in [-0.4, -0.2) is 11.0 Å². The van der Waals surface area contributed by atoms with Gasteiger partial charge in [0.15, 0.2) is 11.6 Å². The molecule has 0 amide bonds. The maximum Gasteiger partial charge on any atom is 0.166 e. The lowest BCUT2D eigenvalue weighted by Gasteiger charge is -1.93. The van der Waals surface area contributed by atoms with Gasteiger partial charge in [-0.15, -0.1) is 11.6 Å². The molecule has 0 saturated carbocycles. The highest BCUT2D eigenvalue weighted by atomic mass is 35.5. The molecule has 0 aliphatic heterocycles. The third-order valence-electron chi connectivity index (χ3n) is 1.25. The van der Waals surface area contributed by atoms with E-state index in [0.29, 0.717) is 5.56 Å². The molecule has 1 aromatic carbocycles. The number of phenols is 1. The number of benzene rings is 1. The van der Waals surface area contributed by atoms with Gasteiger partial charge in [0, 0.05) is 5.56 Å². The summed E-state index contributed by atoms with van der Waals surface area (Å²) in [5.41, 5.74) is 0.506. The molecule has 1 aromatic rings. The number of hydrogen-bond acceptors (Lipinski definition) is 1. The van der Waals surface area contributed by atoms with E-state index in [0.717, 1.165) is 6.07 Å². The van der Waals surface area contributed by atoms with Gasteiger partial charge >= 0.3 is 0 Å². The zero-order chi connectivity index (χ0) is 8.97. The summed E-state index contributed by atoms with van der Waals surface area (Å²) in [6.45, 7) is 0. The van der Waals surface area contributed by atoms with Gasteiger partial charge in [-0.25, -0.2) is 4.39 Å². The van der Waals surface area contributed by atoms with E-state index in [1.807, 2.05) is 0 Å². The molecule has 0 unspecified atom stereocenters. The van der Waals surface area contributed by atoms with E-state index in [1.54, 1.807) is 0 Å². The summed E-state index contributed by atoms with van der Waals surface area (Å²) in [5.74, 6) is 4.38. The lowest BCUT2D eigenvalue weighted by atomic mass is 10.2. The van der Waals surface area contributed by atoms with E-state index >= 15 is 0 Å². The van der Waals surface area contributed by atoms with Gasteiger partial charge in [0.1, 0.15) is 0 Å². The van der Waals surface area contributed by atoms with Crippen LogP contribution in [0, 0.1) is 17.7 Å². The van der Waals surface area contributed by atoms with Crippen molar-refractivity contribution in [2.24, 2.45) is 0 Å². The molecule has 62 valence electrons. The molecule has 1 nitrogen and oxygen atoms in total. The Labute approximate surface area is 74.8 Å². The largest absolute Gasteiger partial charge is 0.505 e. The molecule has 0 aliphatic carbocycles.